The number of halogens is 2. The van der Waals surface area contributed by atoms with Crippen LogP contribution in [0.2, 0.25) is 0 Å². The molecule has 0 saturated carbocycles. The lowest BCUT2D eigenvalue weighted by Crippen LogP contribution is -2.16. The van der Waals surface area contributed by atoms with E-state index in [1.807, 2.05) is 37.3 Å². The Kier molecular flexibility index (Phi) is 7.48. The number of nitrogens with one attached hydrogen (secondary N) is 1. The SMILES string of the molecule is CCOc1cc(/C=N\NC(=O)c2ccco2)cc(Br)c1OCc1ccc(Br)cc1. The van der Waals surface area contributed by atoms with Crippen molar-refractivity contribution >= 4 is 44.0 Å². The van der Waals surface area contributed by atoms with Gasteiger partial charge in [-0.2, -0.15) is 5.10 Å². The first kappa shape index (κ1) is 21.1. The van der Waals surface area contributed by atoms with Gasteiger partial charge in [0.15, 0.2) is 17.3 Å². The highest BCUT2D eigenvalue weighted by Crippen LogP contribution is 2.37. The van der Waals surface area contributed by atoms with Gasteiger partial charge in [0.05, 0.1) is 23.6 Å². The van der Waals surface area contributed by atoms with Crippen molar-refractivity contribution in [2.24, 2.45) is 5.10 Å². The Bertz CT molecular complexity index is 987. The second-order valence-corrected chi connectivity index (χ2v) is 7.62. The predicted molar refractivity (Wildman–Crippen MR) is 118 cm³/mol. The molecule has 0 unspecified atom stereocenters. The minimum absolute atomic E-state index is 0.190. The zero-order valence-corrected chi connectivity index (χ0v) is 18.7. The van der Waals surface area contributed by atoms with Crippen molar-refractivity contribution in [3.8, 4) is 11.5 Å². The first-order chi connectivity index (χ1) is 14.1. The fourth-order valence-corrected chi connectivity index (χ4v) is 3.27. The summed E-state index contributed by atoms with van der Waals surface area (Å²) in [7, 11) is 0. The molecule has 0 atom stereocenters. The average molecular weight is 522 g/mol. The van der Waals surface area contributed by atoms with E-state index in [-0.39, 0.29) is 5.76 Å². The minimum Gasteiger partial charge on any atom is -0.490 e. The molecule has 0 aliphatic rings. The molecule has 1 N–H and O–H groups in total. The van der Waals surface area contributed by atoms with Crippen LogP contribution in [0.5, 0.6) is 11.5 Å². The van der Waals surface area contributed by atoms with Crippen LogP contribution in [0.4, 0.5) is 0 Å². The molecule has 2 aromatic carbocycles. The van der Waals surface area contributed by atoms with Crippen molar-refractivity contribution < 1.29 is 18.7 Å². The number of hydrogen-bond donors (Lipinski definition) is 1. The molecule has 1 heterocycles. The van der Waals surface area contributed by atoms with Crippen molar-refractivity contribution in [2.45, 2.75) is 13.5 Å². The molecule has 1 amide bonds. The van der Waals surface area contributed by atoms with Gasteiger partial charge in [0.2, 0.25) is 0 Å². The van der Waals surface area contributed by atoms with Crippen molar-refractivity contribution in [3.63, 3.8) is 0 Å². The molecule has 0 radical (unpaired) electrons. The largest absolute Gasteiger partial charge is 0.490 e. The third kappa shape index (κ3) is 5.95. The third-order valence-electron chi connectivity index (χ3n) is 3.75. The van der Waals surface area contributed by atoms with Gasteiger partial charge in [-0.1, -0.05) is 28.1 Å². The summed E-state index contributed by atoms with van der Waals surface area (Å²) < 4.78 is 18.5. The molecular weight excluding hydrogens is 504 g/mol. The molecule has 0 bridgehead atoms. The van der Waals surface area contributed by atoms with E-state index in [0.717, 1.165) is 20.1 Å². The summed E-state index contributed by atoms with van der Waals surface area (Å²) in [4.78, 5) is 11.9. The summed E-state index contributed by atoms with van der Waals surface area (Å²) in [6.07, 6.45) is 2.95. The highest BCUT2D eigenvalue weighted by Gasteiger charge is 2.13. The van der Waals surface area contributed by atoms with Gasteiger partial charge >= 0.3 is 5.91 Å². The molecule has 29 heavy (non-hydrogen) atoms. The highest BCUT2D eigenvalue weighted by atomic mass is 79.9. The number of carbonyl (C=O) groups excluding carboxylic acids is 1. The van der Waals surface area contributed by atoms with Crippen LogP contribution in [0.25, 0.3) is 0 Å². The normalized spacial score (nSPS) is 10.9. The highest BCUT2D eigenvalue weighted by molar-refractivity contribution is 9.10. The molecule has 0 aliphatic carbocycles. The van der Waals surface area contributed by atoms with Gasteiger partial charge in [-0.3, -0.25) is 4.79 Å². The topological polar surface area (TPSA) is 73.1 Å². The van der Waals surface area contributed by atoms with E-state index in [9.17, 15) is 4.79 Å². The molecule has 3 aromatic rings. The number of hydrazone groups is 1. The van der Waals surface area contributed by atoms with Crippen LogP contribution in [-0.2, 0) is 6.61 Å². The Labute approximate surface area is 185 Å². The van der Waals surface area contributed by atoms with Crippen molar-refractivity contribution in [3.05, 3.63) is 80.6 Å². The number of hydrogen-bond acceptors (Lipinski definition) is 5. The van der Waals surface area contributed by atoms with E-state index in [1.165, 1.54) is 12.5 Å². The number of benzene rings is 2. The molecule has 6 nitrogen and oxygen atoms in total. The number of furan rings is 1. The maximum Gasteiger partial charge on any atom is 0.307 e. The fourth-order valence-electron chi connectivity index (χ4n) is 2.43. The van der Waals surface area contributed by atoms with Crippen LogP contribution in [0.15, 0.2) is 73.3 Å². The summed E-state index contributed by atoms with van der Waals surface area (Å²) in [5.74, 6) is 0.948. The Morgan fingerprint density at radius 2 is 1.97 bits per heavy atom. The number of amides is 1. The molecule has 0 fully saturated rings. The summed E-state index contributed by atoms with van der Waals surface area (Å²) in [5.41, 5.74) is 4.18. The Morgan fingerprint density at radius 1 is 1.17 bits per heavy atom. The van der Waals surface area contributed by atoms with Crippen molar-refractivity contribution in [2.75, 3.05) is 6.61 Å². The van der Waals surface area contributed by atoms with Crippen LogP contribution in [-0.4, -0.2) is 18.7 Å². The Balaban J connectivity index is 1.72. The summed E-state index contributed by atoms with van der Waals surface area (Å²) in [6.45, 7) is 2.78. The van der Waals surface area contributed by atoms with Gasteiger partial charge < -0.3 is 13.9 Å². The van der Waals surface area contributed by atoms with E-state index in [1.54, 1.807) is 18.2 Å². The first-order valence-corrected chi connectivity index (χ1v) is 10.4. The molecule has 150 valence electrons. The van der Waals surface area contributed by atoms with Gasteiger partial charge in [-0.25, -0.2) is 5.43 Å². The monoisotopic (exact) mass is 520 g/mol. The zero-order valence-electron chi connectivity index (χ0n) is 15.5. The van der Waals surface area contributed by atoms with Crippen LogP contribution in [0.3, 0.4) is 0 Å². The van der Waals surface area contributed by atoms with Gasteiger partial charge in [-0.05, 0) is 70.4 Å². The number of rotatable bonds is 8. The van der Waals surface area contributed by atoms with E-state index < -0.39 is 5.91 Å². The second-order valence-electron chi connectivity index (χ2n) is 5.85. The van der Waals surface area contributed by atoms with Crippen LogP contribution in [0, 0.1) is 0 Å². The summed E-state index contributed by atoms with van der Waals surface area (Å²) >= 11 is 6.95. The summed E-state index contributed by atoms with van der Waals surface area (Å²) in [5, 5.41) is 3.97. The lowest BCUT2D eigenvalue weighted by atomic mass is 10.2. The van der Waals surface area contributed by atoms with Crippen molar-refractivity contribution in [1.29, 1.82) is 0 Å². The molecular formula is C21H18Br2N2O4. The van der Waals surface area contributed by atoms with Gasteiger partial charge in [0, 0.05) is 4.47 Å². The van der Waals surface area contributed by atoms with Crippen LogP contribution >= 0.6 is 31.9 Å². The molecule has 3 rings (SSSR count). The maximum absolute atomic E-state index is 11.9. The maximum atomic E-state index is 11.9. The van der Waals surface area contributed by atoms with E-state index in [4.69, 9.17) is 13.9 Å². The Hall–Kier alpha value is -2.58. The minimum atomic E-state index is -0.426. The number of ether oxygens (including phenoxy) is 2. The van der Waals surface area contributed by atoms with Gasteiger partial charge in [0.1, 0.15) is 6.61 Å². The van der Waals surface area contributed by atoms with Gasteiger partial charge in [0.25, 0.3) is 0 Å². The number of carbonyl (C=O) groups is 1. The van der Waals surface area contributed by atoms with E-state index in [0.29, 0.717) is 24.7 Å². The molecule has 1 aromatic heterocycles. The molecule has 0 aliphatic heterocycles. The smallest absolute Gasteiger partial charge is 0.307 e. The van der Waals surface area contributed by atoms with E-state index >= 15 is 0 Å². The standard InChI is InChI=1S/C21H18Br2N2O4/c1-2-27-19-11-15(12-24-25-21(26)18-4-3-9-28-18)10-17(23)20(19)29-13-14-5-7-16(22)8-6-14/h3-12H,2,13H2,1H3,(H,25,26)/b24-12-. The van der Waals surface area contributed by atoms with E-state index in [2.05, 4.69) is 42.4 Å². The third-order valence-corrected chi connectivity index (χ3v) is 4.87. The van der Waals surface area contributed by atoms with Gasteiger partial charge in [-0.15, -0.1) is 0 Å². The lowest BCUT2D eigenvalue weighted by molar-refractivity contribution is 0.0927. The summed E-state index contributed by atoms with van der Waals surface area (Å²) in [6, 6.07) is 14.7. The average Bonchev–Trinajstić information content (AvgIpc) is 3.24. The fraction of sp³-hybridized carbons (Fsp3) is 0.143. The molecule has 0 saturated heterocycles. The Morgan fingerprint density at radius 3 is 2.66 bits per heavy atom. The first-order valence-electron chi connectivity index (χ1n) is 8.77. The predicted octanol–water partition coefficient (Wildman–Crippen LogP) is 5.55. The molecule has 8 heteroatoms. The van der Waals surface area contributed by atoms with Crippen molar-refractivity contribution in [1.82, 2.24) is 5.43 Å². The zero-order chi connectivity index (χ0) is 20.6. The van der Waals surface area contributed by atoms with Crippen LogP contribution < -0.4 is 14.9 Å². The quantitative estimate of drug-likeness (QED) is 0.311. The lowest BCUT2D eigenvalue weighted by Gasteiger charge is -2.14. The molecule has 0 spiro atoms. The number of nitrogens with zero attached hydrogens (tertiary/aromatic N) is 1. The van der Waals surface area contributed by atoms with Crippen LogP contribution in [0.1, 0.15) is 28.6 Å². The second kappa shape index (κ2) is 10.3.